The first-order valence-electron chi connectivity index (χ1n) is 7.39. The van der Waals surface area contributed by atoms with Crippen LogP contribution in [0, 0.1) is 0 Å². The van der Waals surface area contributed by atoms with Crippen molar-refractivity contribution >= 4 is 23.2 Å². The fourth-order valence-electron chi connectivity index (χ4n) is 3.27. The number of fused-ring (bicyclic) bond motifs is 3. The maximum Gasteiger partial charge on any atom is 0.278 e. The molecule has 2 aromatic carbocycles. The number of amides is 2. The van der Waals surface area contributed by atoms with Gasteiger partial charge in [-0.2, -0.15) is 0 Å². The number of hydrogen-bond acceptors (Lipinski definition) is 3. The topological polar surface area (TPSA) is 61.4 Å². The molecule has 0 radical (unpaired) electrons. The Labute approximate surface area is 133 Å². The molecule has 2 aliphatic rings. The predicted molar refractivity (Wildman–Crippen MR) is 88.2 cm³/mol. The molecule has 1 spiro atoms. The molecule has 0 saturated carbocycles. The van der Waals surface area contributed by atoms with Gasteiger partial charge in [-0.3, -0.25) is 9.59 Å². The number of carbonyl (C=O) groups is 2. The molecule has 114 valence electrons. The highest BCUT2D eigenvalue weighted by Crippen LogP contribution is 2.43. The van der Waals surface area contributed by atoms with Gasteiger partial charge in [0.2, 0.25) is 5.66 Å². The van der Waals surface area contributed by atoms with Gasteiger partial charge in [0.05, 0.1) is 11.3 Å². The number of nitrogens with zero attached hydrogens (tertiary/aromatic N) is 1. The summed E-state index contributed by atoms with van der Waals surface area (Å²) in [5.41, 5.74) is 1.45. The van der Waals surface area contributed by atoms with Gasteiger partial charge in [0, 0.05) is 17.8 Å². The Bertz CT molecular complexity index is 846. The lowest BCUT2D eigenvalue weighted by molar-refractivity contribution is -0.123. The van der Waals surface area contributed by atoms with Crippen molar-refractivity contribution in [3.05, 3.63) is 72.3 Å². The van der Waals surface area contributed by atoms with Crippen LogP contribution in [0.1, 0.15) is 15.9 Å². The van der Waals surface area contributed by atoms with Gasteiger partial charge in [-0.25, -0.2) is 0 Å². The van der Waals surface area contributed by atoms with Crippen LogP contribution in [0.4, 0.5) is 11.4 Å². The van der Waals surface area contributed by atoms with Gasteiger partial charge in [-0.05, 0) is 18.2 Å². The van der Waals surface area contributed by atoms with Crippen molar-refractivity contribution in [2.45, 2.75) is 5.66 Å². The van der Waals surface area contributed by atoms with Crippen LogP contribution in [0.5, 0.6) is 0 Å². The third-order valence-electron chi connectivity index (χ3n) is 4.27. The van der Waals surface area contributed by atoms with Gasteiger partial charge in [0.1, 0.15) is 0 Å². The van der Waals surface area contributed by atoms with E-state index < -0.39 is 5.66 Å². The number of para-hydroxylation sites is 2. The number of hydrogen-bond donors (Lipinski definition) is 2. The van der Waals surface area contributed by atoms with Crippen LogP contribution in [0.2, 0.25) is 0 Å². The van der Waals surface area contributed by atoms with Crippen LogP contribution in [-0.2, 0) is 10.5 Å². The van der Waals surface area contributed by atoms with Crippen LogP contribution >= 0.6 is 0 Å². The zero-order valence-electron chi connectivity index (χ0n) is 12.4. The molecule has 2 N–H and O–H groups in total. The van der Waals surface area contributed by atoms with Crippen molar-refractivity contribution in [1.82, 2.24) is 5.32 Å². The van der Waals surface area contributed by atoms with E-state index >= 15 is 0 Å². The molecule has 2 aliphatic heterocycles. The summed E-state index contributed by atoms with van der Waals surface area (Å²) < 4.78 is 0. The van der Waals surface area contributed by atoms with E-state index in [0.717, 1.165) is 11.3 Å². The van der Waals surface area contributed by atoms with Crippen molar-refractivity contribution in [1.29, 1.82) is 0 Å². The van der Waals surface area contributed by atoms with Crippen molar-refractivity contribution in [2.75, 3.05) is 16.8 Å². The van der Waals surface area contributed by atoms with E-state index in [0.29, 0.717) is 17.8 Å². The van der Waals surface area contributed by atoms with Crippen molar-refractivity contribution in [3.63, 3.8) is 0 Å². The molecular weight excluding hydrogens is 290 g/mol. The van der Waals surface area contributed by atoms with Crippen molar-refractivity contribution < 1.29 is 9.59 Å². The van der Waals surface area contributed by atoms with Gasteiger partial charge < -0.3 is 15.5 Å². The molecule has 2 amide bonds. The van der Waals surface area contributed by atoms with E-state index in [1.54, 1.807) is 23.1 Å². The standard InChI is InChI=1S/C18H15N3O2/c1-2-11-21-15-10-6-4-8-13(15)18(17(21)23)19-14-9-5-3-7-12(14)16(22)20-18/h2-10,19H,1,11H2,(H,20,22)/t18-/m1/s1. The first-order valence-corrected chi connectivity index (χ1v) is 7.39. The summed E-state index contributed by atoms with van der Waals surface area (Å²) in [6.07, 6.45) is 1.67. The van der Waals surface area contributed by atoms with E-state index in [1.807, 2.05) is 36.4 Å². The zero-order valence-corrected chi connectivity index (χ0v) is 12.4. The van der Waals surface area contributed by atoms with E-state index in [-0.39, 0.29) is 11.8 Å². The van der Waals surface area contributed by atoms with Gasteiger partial charge in [0.25, 0.3) is 11.8 Å². The molecule has 23 heavy (non-hydrogen) atoms. The van der Waals surface area contributed by atoms with Gasteiger partial charge in [0.15, 0.2) is 0 Å². The summed E-state index contributed by atoms with van der Waals surface area (Å²) in [5, 5.41) is 6.11. The highest BCUT2D eigenvalue weighted by Gasteiger charge is 2.54. The molecule has 4 rings (SSSR count). The highest BCUT2D eigenvalue weighted by molar-refractivity contribution is 6.15. The molecule has 0 fully saturated rings. The fourth-order valence-corrected chi connectivity index (χ4v) is 3.27. The van der Waals surface area contributed by atoms with Crippen molar-refractivity contribution in [2.24, 2.45) is 0 Å². The molecule has 1 atom stereocenters. The number of rotatable bonds is 2. The highest BCUT2D eigenvalue weighted by atomic mass is 16.2. The molecule has 2 heterocycles. The number of carbonyl (C=O) groups excluding carboxylic acids is 2. The maximum atomic E-state index is 13.1. The molecular formula is C18H15N3O2. The Morgan fingerprint density at radius 3 is 2.61 bits per heavy atom. The average Bonchev–Trinajstić information content (AvgIpc) is 2.78. The molecule has 0 aliphatic carbocycles. The Balaban J connectivity index is 1.91. The summed E-state index contributed by atoms with van der Waals surface area (Å²) >= 11 is 0. The normalized spacial score (nSPS) is 21.5. The van der Waals surface area contributed by atoms with Gasteiger partial charge in [-0.1, -0.05) is 36.4 Å². The van der Waals surface area contributed by atoms with Gasteiger partial charge >= 0.3 is 0 Å². The lowest BCUT2D eigenvalue weighted by Crippen LogP contribution is -2.60. The number of nitrogens with one attached hydrogen (secondary N) is 2. The monoisotopic (exact) mass is 305 g/mol. The quantitative estimate of drug-likeness (QED) is 0.836. The Kier molecular flexibility index (Phi) is 2.78. The van der Waals surface area contributed by atoms with Crippen LogP contribution in [0.15, 0.2) is 61.2 Å². The van der Waals surface area contributed by atoms with E-state index in [1.165, 1.54) is 0 Å². The SMILES string of the molecule is C=CCN1C(=O)[C@]2(NC(=O)c3ccccc3N2)c2ccccc21. The van der Waals surface area contributed by atoms with E-state index in [4.69, 9.17) is 0 Å². The first-order chi connectivity index (χ1) is 11.2. The summed E-state index contributed by atoms with van der Waals surface area (Å²) in [5.74, 6) is -0.468. The minimum Gasteiger partial charge on any atom is -0.350 e. The number of benzene rings is 2. The molecule has 0 saturated heterocycles. The molecule has 0 unspecified atom stereocenters. The summed E-state index contributed by atoms with van der Waals surface area (Å²) in [6, 6.07) is 14.6. The summed E-state index contributed by atoms with van der Waals surface area (Å²) in [6.45, 7) is 4.10. The minimum absolute atomic E-state index is 0.207. The van der Waals surface area contributed by atoms with Crippen LogP contribution < -0.4 is 15.5 Å². The summed E-state index contributed by atoms with van der Waals surface area (Å²) in [4.78, 5) is 27.2. The first kappa shape index (κ1) is 13.6. The van der Waals surface area contributed by atoms with Crippen LogP contribution in [0.3, 0.4) is 0 Å². The van der Waals surface area contributed by atoms with E-state index in [2.05, 4.69) is 17.2 Å². The number of anilines is 2. The average molecular weight is 305 g/mol. The Hall–Kier alpha value is -3.08. The third-order valence-corrected chi connectivity index (χ3v) is 4.27. The minimum atomic E-state index is -1.26. The second kappa shape index (κ2) is 4.71. The maximum absolute atomic E-state index is 13.1. The Morgan fingerprint density at radius 2 is 1.78 bits per heavy atom. The predicted octanol–water partition coefficient (Wildman–Crippen LogP) is 2.23. The molecule has 2 aromatic rings. The largest absolute Gasteiger partial charge is 0.350 e. The molecule has 5 nitrogen and oxygen atoms in total. The molecule has 5 heteroatoms. The van der Waals surface area contributed by atoms with Crippen LogP contribution in [0.25, 0.3) is 0 Å². The third kappa shape index (κ3) is 1.73. The Morgan fingerprint density at radius 1 is 1.04 bits per heavy atom. The lowest BCUT2D eigenvalue weighted by atomic mass is 9.96. The lowest BCUT2D eigenvalue weighted by Gasteiger charge is -2.36. The molecule has 0 aromatic heterocycles. The van der Waals surface area contributed by atoms with Crippen LogP contribution in [-0.4, -0.2) is 18.4 Å². The smallest absolute Gasteiger partial charge is 0.278 e. The fraction of sp³-hybridized carbons (Fsp3) is 0.111. The second-order valence-electron chi connectivity index (χ2n) is 5.60. The molecule has 0 bridgehead atoms. The second-order valence-corrected chi connectivity index (χ2v) is 5.60. The zero-order chi connectivity index (χ0) is 16.0. The van der Waals surface area contributed by atoms with Gasteiger partial charge in [-0.15, -0.1) is 6.58 Å². The van der Waals surface area contributed by atoms with E-state index in [9.17, 15) is 9.59 Å². The van der Waals surface area contributed by atoms with Crippen molar-refractivity contribution in [3.8, 4) is 0 Å². The summed E-state index contributed by atoms with van der Waals surface area (Å²) in [7, 11) is 0.